The predicted molar refractivity (Wildman–Crippen MR) is 114 cm³/mol. The van der Waals surface area contributed by atoms with Crippen molar-refractivity contribution in [2.45, 2.75) is 72.3 Å². The van der Waals surface area contributed by atoms with Crippen LogP contribution in [0.2, 0.25) is 0 Å². The molecule has 3 amide bonds. The summed E-state index contributed by atoms with van der Waals surface area (Å²) >= 11 is 0. The van der Waals surface area contributed by atoms with Crippen molar-refractivity contribution in [1.82, 2.24) is 10.0 Å². The Hall–Kier alpha value is -3.30. The van der Waals surface area contributed by atoms with Gasteiger partial charge in [-0.15, -0.1) is 5.01 Å². The van der Waals surface area contributed by atoms with Gasteiger partial charge in [0, 0.05) is 0 Å². The second kappa shape index (κ2) is 10.8. The molecule has 1 aromatic rings. The van der Waals surface area contributed by atoms with Gasteiger partial charge in [0.25, 0.3) is 0 Å². The Morgan fingerprint density at radius 3 is 1.72 bits per heavy atom. The van der Waals surface area contributed by atoms with Gasteiger partial charge in [0.05, 0.1) is 7.11 Å². The second-order valence-corrected chi connectivity index (χ2v) is 8.86. The van der Waals surface area contributed by atoms with Crippen LogP contribution in [0.1, 0.15) is 54.0 Å². The Bertz CT molecular complexity index is 783. The van der Waals surface area contributed by atoms with Crippen LogP contribution in [0.5, 0.6) is 0 Å². The monoisotopic (exact) mass is 452 g/mol. The number of carbonyl (C=O) groups excluding carboxylic acids is 4. The summed E-state index contributed by atoms with van der Waals surface area (Å²) in [6.45, 7) is 10.6. The number of benzene rings is 1. The van der Waals surface area contributed by atoms with Crippen LogP contribution >= 0.6 is 0 Å². The maximum atomic E-state index is 13.0. The third-order valence-electron chi connectivity index (χ3n) is 3.65. The molecule has 0 spiro atoms. The lowest BCUT2D eigenvalue weighted by atomic mass is 10.2. The lowest BCUT2D eigenvalue weighted by Crippen LogP contribution is -2.60. The summed E-state index contributed by atoms with van der Waals surface area (Å²) in [4.78, 5) is 51.1. The molecule has 0 saturated heterocycles. The van der Waals surface area contributed by atoms with Crippen molar-refractivity contribution in [3.05, 3.63) is 35.9 Å². The number of hydrogen-bond acceptors (Lipinski definition) is 8. The quantitative estimate of drug-likeness (QED) is 0.378. The van der Waals surface area contributed by atoms with Crippen LogP contribution in [0, 0.1) is 0 Å². The molecule has 10 heteroatoms. The molecule has 1 aromatic carbocycles. The van der Waals surface area contributed by atoms with E-state index in [0.29, 0.717) is 15.6 Å². The highest BCUT2D eigenvalue weighted by Crippen LogP contribution is 2.20. The zero-order valence-corrected chi connectivity index (χ0v) is 19.8. The highest BCUT2D eigenvalue weighted by atomic mass is 16.6. The maximum Gasteiger partial charge on any atom is 0.439 e. The maximum absolute atomic E-state index is 13.0. The minimum Gasteiger partial charge on any atom is -0.467 e. The lowest BCUT2D eigenvalue weighted by Gasteiger charge is -2.36. The number of esters is 1. The fraction of sp³-hybridized carbons (Fsp3) is 0.545. The summed E-state index contributed by atoms with van der Waals surface area (Å²) < 4.78 is 20.5. The van der Waals surface area contributed by atoms with E-state index < -0.39 is 41.5 Å². The van der Waals surface area contributed by atoms with Gasteiger partial charge in [-0.25, -0.2) is 19.2 Å². The third kappa shape index (κ3) is 8.44. The minimum absolute atomic E-state index is 0.166. The van der Waals surface area contributed by atoms with Gasteiger partial charge >= 0.3 is 24.2 Å². The minimum atomic E-state index is -1.41. The number of imide groups is 1. The summed E-state index contributed by atoms with van der Waals surface area (Å²) in [5.74, 6) is -0.890. The van der Waals surface area contributed by atoms with Crippen LogP contribution in [0.4, 0.5) is 14.4 Å². The number of methoxy groups -OCH3 is 1. The van der Waals surface area contributed by atoms with E-state index in [1.165, 1.54) is 6.92 Å². The number of nitrogens with zero attached hydrogens (tertiary/aromatic N) is 2. The average molecular weight is 453 g/mol. The summed E-state index contributed by atoms with van der Waals surface area (Å²) in [6.07, 6.45) is -3.60. The van der Waals surface area contributed by atoms with Crippen molar-refractivity contribution in [1.29, 1.82) is 0 Å². The van der Waals surface area contributed by atoms with Crippen molar-refractivity contribution < 1.29 is 38.1 Å². The molecule has 0 aromatic heterocycles. The van der Waals surface area contributed by atoms with Crippen molar-refractivity contribution >= 4 is 24.2 Å². The van der Waals surface area contributed by atoms with E-state index >= 15 is 0 Å². The second-order valence-electron chi connectivity index (χ2n) is 8.86. The molecule has 0 saturated carbocycles. The van der Waals surface area contributed by atoms with Gasteiger partial charge in [-0.2, -0.15) is 5.01 Å². The molecule has 0 heterocycles. The Morgan fingerprint density at radius 2 is 1.31 bits per heavy atom. The predicted octanol–water partition coefficient (Wildman–Crippen LogP) is 4.27. The first-order valence-corrected chi connectivity index (χ1v) is 10.00. The van der Waals surface area contributed by atoms with E-state index in [2.05, 4.69) is 0 Å². The average Bonchev–Trinajstić information content (AvgIpc) is 2.66. The van der Waals surface area contributed by atoms with Crippen LogP contribution in [-0.4, -0.2) is 58.6 Å². The molecular weight excluding hydrogens is 420 g/mol. The standard InChI is InChI=1S/C22H32N2O8/c1-15(17(25)29-8)23(18(26)30-14-16-12-10-9-11-13-16)24(19(27)31-21(2,3)4)20(28)32-22(5,6)7/h9-13,15H,14H2,1-8H3. The van der Waals surface area contributed by atoms with Gasteiger partial charge in [0.2, 0.25) is 0 Å². The molecule has 0 aliphatic heterocycles. The molecule has 0 bridgehead atoms. The van der Waals surface area contributed by atoms with Crippen LogP contribution in [-0.2, 0) is 30.3 Å². The summed E-state index contributed by atoms with van der Waals surface area (Å²) in [5.41, 5.74) is -1.36. The van der Waals surface area contributed by atoms with Crippen LogP contribution in [0.15, 0.2) is 30.3 Å². The van der Waals surface area contributed by atoms with Crippen LogP contribution < -0.4 is 0 Å². The first-order chi connectivity index (χ1) is 14.7. The summed E-state index contributed by atoms with van der Waals surface area (Å²) in [6, 6.07) is 7.34. The first kappa shape index (κ1) is 26.7. The molecular formula is C22H32N2O8. The lowest BCUT2D eigenvalue weighted by molar-refractivity contribution is -0.151. The van der Waals surface area contributed by atoms with Gasteiger partial charge in [-0.05, 0) is 54.0 Å². The number of carbonyl (C=O) groups is 4. The molecule has 0 N–H and O–H groups in total. The van der Waals surface area contributed by atoms with Crippen LogP contribution in [0.25, 0.3) is 0 Å². The van der Waals surface area contributed by atoms with Crippen molar-refractivity contribution in [3.63, 3.8) is 0 Å². The smallest absolute Gasteiger partial charge is 0.439 e. The number of rotatable bonds is 4. The topological polar surface area (TPSA) is 112 Å². The molecule has 1 unspecified atom stereocenters. The van der Waals surface area contributed by atoms with E-state index in [0.717, 1.165) is 7.11 Å². The fourth-order valence-corrected chi connectivity index (χ4v) is 2.33. The zero-order valence-electron chi connectivity index (χ0n) is 19.8. The molecule has 178 valence electrons. The fourth-order valence-electron chi connectivity index (χ4n) is 2.33. The van der Waals surface area contributed by atoms with Crippen molar-refractivity contribution in [2.75, 3.05) is 7.11 Å². The number of hydrogen-bond donors (Lipinski definition) is 0. The van der Waals surface area contributed by atoms with Gasteiger partial charge in [0.1, 0.15) is 17.8 Å². The van der Waals surface area contributed by atoms with Gasteiger partial charge in [0.15, 0.2) is 6.04 Å². The summed E-state index contributed by atoms with van der Waals surface area (Å²) in [5, 5.41) is 0.836. The molecule has 32 heavy (non-hydrogen) atoms. The molecule has 0 radical (unpaired) electrons. The van der Waals surface area contributed by atoms with Crippen LogP contribution in [0.3, 0.4) is 0 Å². The Labute approximate surface area is 188 Å². The van der Waals surface area contributed by atoms with Gasteiger partial charge in [-0.1, -0.05) is 30.3 Å². The van der Waals surface area contributed by atoms with E-state index in [9.17, 15) is 19.2 Å². The SMILES string of the molecule is COC(=O)C(C)N(C(=O)OCc1ccccc1)N(C(=O)OC(C)(C)C)C(=O)OC(C)(C)C. The molecule has 0 fully saturated rings. The van der Waals surface area contributed by atoms with E-state index in [-0.39, 0.29) is 6.61 Å². The van der Waals surface area contributed by atoms with Crippen molar-refractivity contribution in [3.8, 4) is 0 Å². The van der Waals surface area contributed by atoms with E-state index in [4.69, 9.17) is 18.9 Å². The largest absolute Gasteiger partial charge is 0.467 e. The molecule has 10 nitrogen and oxygen atoms in total. The highest BCUT2D eigenvalue weighted by molar-refractivity contribution is 5.92. The van der Waals surface area contributed by atoms with E-state index in [1.54, 1.807) is 71.9 Å². The molecule has 0 aliphatic carbocycles. The normalized spacial score (nSPS) is 12.2. The Morgan fingerprint density at radius 1 is 0.844 bits per heavy atom. The Balaban J connectivity index is 3.36. The number of ether oxygens (including phenoxy) is 4. The van der Waals surface area contributed by atoms with Gasteiger partial charge < -0.3 is 18.9 Å². The molecule has 1 rings (SSSR count). The zero-order chi connectivity index (χ0) is 24.7. The third-order valence-corrected chi connectivity index (χ3v) is 3.65. The molecule has 1 atom stereocenters. The highest BCUT2D eigenvalue weighted by Gasteiger charge is 2.43. The van der Waals surface area contributed by atoms with Crippen molar-refractivity contribution in [2.24, 2.45) is 0 Å². The van der Waals surface area contributed by atoms with Gasteiger partial charge in [-0.3, -0.25) is 0 Å². The Kier molecular flexibility index (Phi) is 9.05. The first-order valence-electron chi connectivity index (χ1n) is 10.00. The number of hydrazine groups is 1. The molecule has 0 aliphatic rings. The number of amides is 3. The summed E-state index contributed by atoms with van der Waals surface area (Å²) in [7, 11) is 1.11. The van der Waals surface area contributed by atoms with E-state index in [1.807, 2.05) is 0 Å².